The highest BCUT2D eigenvalue weighted by Gasteiger charge is 2.44. The molecule has 0 N–H and O–H groups in total. The quantitative estimate of drug-likeness (QED) is 0.788. The number of sulfonamides is 1. The van der Waals surface area contributed by atoms with Gasteiger partial charge in [0.15, 0.2) is 5.79 Å². The maximum Gasteiger partial charge on any atom is 0.244 e. The van der Waals surface area contributed by atoms with E-state index in [1.54, 1.807) is 6.07 Å². The second-order valence-corrected chi connectivity index (χ2v) is 9.56. The van der Waals surface area contributed by atoms with Crippen molar-refractivity contribution < 1.29 is 17.9 Å². The minimum Gasteiger partial charge on any atom is -0.346 e. The van der Waals surface area contributed by atoms with Gasteiger partial charge in [-0.2, -0.15) is 4.31 Å². The van der Waals surface area contributed by atoms with Crippen LogP contribution in [0.1, 0.15) is 17.7 Å². The Hall–Kier alpha value is 0.01000. The molecule has 0 aliphatic carbocycles. The Kier molecular flexibility index (Phi) is 3.98. The van der Waals surface area contributed by atoms with Gasteiger partial charge in [0, 0.05) is 17.8 Å². The third-order valence-electron chi connectivity index (χ3n) is 3.66. The summed E-state index contributed by atoms with van der Waals surface area (Å²) in [5.41, 5.74) is 0. The fourth-order valence-electron chi connectivity index (χ4n) is 2.72. The van der Waals surface area contributed by atoms with Gasteiger partial charge in [-0.25, -0.2) is 8.42 Å². The molecule has 0 atom stereocenters. The maximum atomic E-state index is 12.8. The highest BCUT2D eigenvalue weighted by molar-refractivity contribution is 9.11. The van der Waals surface area contributed by atoms with E-state index in [0.717, 1.165) is 21.5 Å². The van der Waals surface area contributed by atoms with Crippen molar-refractivity contribution in [1.29, 1.82) is 0 Å². The molecule has 1 aromatic rings. The normalized spacial score (nSPS) is 23.5. The summed E-state index contributed by atoms with van der Waals surface area (Å²) in [6.45, 7) is 3.70. The highest BCUT2D eigenvalue weighted by Crippen LogP contribution is 2.36. The van der Waals surface area contributed by atoms with Gasteiger partial charge in [-0.3, -0.25) is 0 Å². The van der Waals surface area contributed by atoms with Crippen molar-refractivity contribution in [3.63, 3.8) is 0 Å². The van der Waals surface area contributed by atoms with Crippen LogP contribution in [0.15, 0.2) is 14.7 Å². The van der Waals surface area contributed by atoms with Crippen LogP contribution in [-0.4, -0.2) is 44.8 Å². The standard InChI is InChI=1S/C12H16BrNO4S2/c1-9-10(7-11(13)19-9)20(15,16)14-4-2-3-12(8-14)17-5-6-18-12/h7H,2-6,8H2,1H3. The maximum absolute atomic E-state index is 12.8. The molecule has 20 heavy (non-hydrogen) atoms. The minimum atomic E-state index is -3.48. The van der Waals surface area contributed by atoms with Gasteiger partial charge in [0.2, 0.25) is 10.0 Å². The van der Waals surface area contributed by atoms with Crippen LogP contribution in [0.3, 0.4) is 0 Å². The van der Waals surface area contributed by atoms with Gasteiger partial charge in [-0.15, -0.1) is 11.3 Å². The molecule has 2 aliphatic rings. The first kappa shape index (κ1) is 14.9. The van der Waals surface area contributed by atoms with Gasteiger partial charge in [0.05, 0.1) is 28.4 Å². The van der Waals surface area contributed by atoms with Crippen molar-refractivity contribution in [3.05, 3.63) is 14.7 Å². The first-order valence-electron chi connectivity index (χ1n) is 6.47. The van der Waals surface area contributed by atoms with Crippen LogP contribution in [0.25, 0.3) is 0 Å². The Morgan fingerprint density at radius 3 is 2.70 bits per heavy atom. The largest absolute Gasteiger partial charge is 0.346 e. The lowest BCUT2D eigenvalue weighted by molar-refractivity contribution is -0.179. The Morgan fingerprint density at radius 2 is 2.10 bits per heavy atom. The molecule has 1 spiro atoms. The van der Waals surface area contributed by atoms with Crippen molar-refractivity contribution in [3.8, 4) is 0 Å². The highest BCUT2D eigenvalue weighted by atomic mass is 79.9. The summed E-state index contributed by atoms with van der Waals surface area (Å²) >= 11 is 4.78. The molecule has 0 radical (unpaired) electrons. The third kappa shape index (κ3) is 2.57. The smallest absolute Gasteiger partial charge is 0.244 e. The molecule has 0 amide bonds. The van der Waals surface area contributed by atoms with Crippen LogP contribution in [0.5, 0.6) is 0 Å². The SMILES string of the molecule is Cc1sc(Br)cc1S(=O)(=O)N1CCCC2(C1)OCCO2. The van der Waals surface area contributed by atoms with Crippen molar-refractivity contribution in [2.75, 3.05) is 26.3 Å². The summed E-state index contributed by atoms with van der Waals surface area (Å²) in [6, 6.07) is 1.67. The second kappa shape index (κ2) is 5.33. The monoisotopic (exact) mass is 381 g/mol. The molecule has 5 nitrogen and oxygen atoms in total. The number of nitrogens with zero attached hydrogens (tertiary/aromatic N) is 1. The van der Waals surface area contributed by atoms with E-state index >= 15 is 0 Å². The zero-order chi connectivity index (χ0) is 14.4. The second-order valence-electron chi connectivity index (χ2n) is 5.02. The lowest BCUT2D eigenvalue weighted by Gasteiger charge is -2.37. The van der Waals surface area contributed by atoms with E-state index in [4.69, 9.17) is 9.47 Å². The van der Waals surface area contributed by atoms with Crippen LogP contribution in [0, 0.1) is 6.92 Å². The summed E-state index contributed by atoms with van der Waals surface area (Å²) in [6.07, 6.45) is 1.51. The molecular weight excluding hydrogens is 366 g/mol. The van der Waals surface area contributed by atoms with Crippen molar-refractivity contribution in [1.82, 2.24) is 4.31 Å². The minimum absolute atomic E-state index is 0.280. The summed E-state index contributed by atoms with van der Waals surface area (Å²) < 4.78 is 39.1. The molecule has 2 saturated heterocycles. The summed E-state index contributed by atoms with van der Waals surface area (Å²) in [5, 5.41) is 0. The Bertz CT molecular complexity index is 607. The summed E-state index contributed by atoms with van der Waals surface area (Å²) in [5.74, 6) is -0.730. The van der Waals surface area contributed by atoms with Gasteiger partial charge in [0.25, 0.3) is 0 Å². The summed E-state index contributed by atoms with van der Waals surface area (Å²) in [7, 11) is -3.48. The lowest BCUT2D eigenvalue weighted by atomic mass is 10.1. The number of aryl methyl sites for hydroxylation is 1. The van der Waals surface area contributed by atoms with E-state index in [9.17, 15) is 8.42 Å². The van der Waals surface area contributed by atoms with Crippen molar-refractivity contribution >= 4 is 37.3 Å². The molecule has 0 unspecified atom stereocenters. The van der Waals surface area contributed by atoms with Gasteiger partial charge < -0.3 is 9.47 Å². The molecule has 112 valence electrons. The van der Waals surface area contributed by atoms with Crippen LogP contribution in [0.2, 0.25) is 0 Å². The predicted octanol–water partition coefficient (Wildman–Crippen LogP) is 2.35. The predicted molar refractivity (Wildman–Crippen MR) is 79.4 cm³/mol. The summed E-state index contributed by atoms with van der Waals surface area (Å²) in [4.78, 5) is 1.18. The van der Waals surface area contributed by atoms with Crippen molar-refractivity contribution in [2.24, 2.45) is 0 Å². The number of rotatable bonds is 2. The van der Waals surface area contributed by atoms with Crippen LogP contribution >= 0.6 is 27.3 Å². The molecule has 8 heteroatoms. The fourth-order valence-corrected chi connectivity index (χ4v) is 6.61. The molecular formula is C12H16BrNO4S2. The number of halogens is 1. The number of hydrogen-bond acceptors (Lipinski definition) is 5. The van der Waals surface area contributed by atoms with Gasteiger partial charge >= 0.3 is 0 Å². The number of piperidine rings is 1. The topological polar surface area (TPSA) is 55.8 Å². The van der Waals surface area contributed by atoms with Crippen molar-refractivity contribution in [2.45, 2.75) is 30.4 Å². The molecule has 3 heterocycles. The molecule has 0 saturated carbocycles. The van der Waals surface area contributed by atoms with E-state index in [2.05, 4.69) is 15.9 Å². The zero-order valence-electron chi connectivity index (χ0n) is 11.1. The van der Waals surface area contributed by atoms with E-state index < -0.39 is 15.8 Å². The van der Waals surface area contributed by atoms with Gasteiger partial charge in [0.1, 0.15) is 0 Å². The average molecular weight is 382 g/mol. The first-order valence-corrected chi connectivity index (χ1v) is 9.52. The number of ether oxygens (including phenoxy) is 2. The average Bonchev–Trinajstić information content (AvgIpc) is 2.97. The molecule has 0 bridgehead atoms. The van der Waals surface area contributed by atoms with E-state index in [1.165, 1.54) is 15.6 Å². The third-order valence-corrected chi connectivity index (χ3v) is 7.31. The number of hydrogen-bond donors (Lipinski definition) is 0. The van der Waals surface area contributed by atoms with Crippen LogP contribution in [0.4, 0.5) is 0 Å². The Morgan fingerprint density at radius 1 is 1.40 bits per heavy atom. The molecule has 2 fully saturated rings. The zero-order valence-corrected chi connectivity index (χ0v) is 14.3. The molecule has 1 aromatic heterocycles. The fraction of sp³-hybridized carbons (Fsp3) is 0.667. The van der Waals surface area contributed by atoms with Crippen LogP contribution in [-0.2, 0) is 19.5 Å². The molecule has 2 aliphatic heterocycles. The molecule has 3 rings (SSSR count). The van der Waals surface area contributed by atoms with Gasteiger partial charge in [-0.1, -0.05) is 0 Å². The Labute approximate surface area is 131 Å². The van der Waals surface area contributed by atoms with E-state index in [-0.39, 0.29) is 6.54 Å². The van der Waals surface area contributed by atoms with Crippen LogP contribution < -0.4 is 0 Å². The lowest BCUT2D eigenvalue weighted by Crippen LogP contribution is -2.50. The Balaban J connectivity index is 1.89. The molecule has 0 aromatic carbocycles. The number of thiophene rings is 1. The first-order chi connectivity index (χ1) is 9.43. The van der Waals surface area contributed by atoms with E-state index in [0.29, 0.717) is 24.7 Å². The van der Waals surface area contributed by atoms with Gasteiger partial charge in [-0.05, 0) is 35.3 Å². The van der Waals surface area contributed by atoms with E-state index in [1.807, 2.05) is 6.92 Å².